The maximum absolute atomic E-state index is 10.1. The second-order valence-corrected chi connectivity index (χ2v) is 3.12. The summed E-state index contributed by atoms with van der Waals surface area (Å²) in [6, 6.07) is 0. The van der Waals surface area contributed by atoms with Gasteiger partial charge in [0, 0.05) is 13.2 Å². The first-order chi connectivity index (χ1) is 6.27. The molecule has 1 aliphatic heterocycles. The van der Waals surface area contributed by atoms with Crippen LogP contribution in [-0.4, -0.2) is 42.3 Å². The third-order valence-corrected chi connectivity index (χ3v) is 2.14. The summed E-state index contributed by atoms with van der Waals surface area (Å²) >= 11 is 0. The van der Waals surface area contributed by atoms with E-state index in [4.69, 9.17) is 9.84 Å². The third kappa shape index (κ3) is 2.82. The van der Waals surface area contributed by atoms with E-state index < -0.39 is 0 Å². The molecule has 1 N–H and O–H groups in total. The van der Waals surface area contributed by atoms with Crippen molar-refractivity contribution in [1.82, 2.24) is 4.90 Å². The molecule has 1 rings (SSSR count). The van der Waals surface area contributed by atoms with E-state index >= 15 is 0 Å². The summed E-state index contributed by atoms with van der Waals surface area (Å²) in [5.41, 5.74) is 0. The molecule has 1 saturated heterocycles. The summed E-state index contributed by atoms with van der Waals surface area (Å²) in [6.07, 6.45) is 5.55. The molecule has 0 radical (unpaired) electrons. The highest BCUT2D eigenvalue weighted by Crippen LogP contribution is 2.21. The van der Waals surface area contributed by atoms with Gasteiger partial charge in [0.1, 0.15) is 12.5 Å². The molecule has 0 aromatic rings. The zero-order valence-electron chi connectivity index (χ0n) is 7.72. The zero-order valence-corrected chi connectivity index (χ0v) is 7.72. The molecule has 0 bridgehead atoms. The van der Waals surface area contributed by atoms with E-state index in [0.29, 0.717) is 0 Å². The van der Waals surface area contributed by atoms with Crippen LogP contribution in [0.4, 0.5) is 0 Å². The van der Waals surface area contributed by atoms with E-state index in [9.17, 15) is 4.79 Å². The molecule has 4 nitrogen and oxygen atoms in total. The average Bonchev–Trinajstić information content (AvgIpc) is 2.62. The number of allylic oxidation sites excluding steroid dienone is 1. The lowest BCUT2D eigenvalue weighted by atomic mass is 10.2. The summed E-state index contributed by atoms with van der Waals surface area (Å²) in [7, 11) is 1.85. The summed E-state index contributed by atoms with van der Waals surface area (Å²) in [6.45, 7) is 0.0712. The van der Waals surface area contributed by atoms with Crippen LogP contribution in [0.15, 0.2) is 12.3 Å². The van der Waals surface area contributed by atoms with Crippen molar-refractivity contribution in [2.45, 2.75) is 25.2 Å². The normalized spacial score (nSPS) is 28.2. The first kappa shape index (κ1) is 10.2. The van der Waals surface area contributed by atoms with Crippen LogP contribution in [0.5, 0.6) is 0 Å². The lowest BCUT2D eigenvalue weighted by Crippen LogP contribution is -2.27. The summed E-state index contributed by atoms with van der Waals surface area (Å²) in [5, 5.41) is 8.82. The SMILES string of the molecule is CN(/C=C\C=O)C1CCC(CO)O1. The molecule has 0 aromatic carbocycles. The molecule has 0 saturated carbocycles. The van der Waals surface area contributed by atoms with E-state index in [1.54, 1.807) is 6.20 Å². The summed E-state index contributed by atoms with van der Waals surface area (Å²) < 4.78 is 5.48. The van der Waals surface area contributed by atoms with Gasteiger partial charge in [-0.1, -0.05) is 0 Å². The van der Waals surface area contributed by atoms with Crippen molar-refractivity contribution in [2.75, 3.05) is 13.7 Å². The van der Waals surface area contributed by atoms with E-state index in [1.807, 2.05) is 11.9 Å². The Hall–Kier alpha value is -0.870. The second-order valence-electron chi connectivity index (χ2n) is 3.12. The predicted molar refractivity (Wildman–Crippen MR) is 47.9 cm³/mol. The van der Waals surface area contributed by atoms with Crippen LogP contribution in [0.1, 0.15) is 12.8 Å². The highest BCUT2D eigenvalue weighted by molar-refractivity contribution is 5.64. The van der Waals surface area contributed by atoms with Gasteiger partial charge < -0.3 is 14.7 Å². The molecular formula is C9H15NO3. The highest BCUT2D eigenvalue weighted by Gasteiger charge is 2.26. The minimum atomic E-state index is -0.0444. The number of aldehydes is 1. The quantitative estimate of drug-likeness (QED) is 0.499. The largest absolute Gasteiger partial charge is 0.394 e. The molecule has 4 heteroatoms. The molecule has 13 heavy (non-hydrogen) atoms. The number of carbonyl (C=O) groups is 1. The molecule has 0 aliphatic carbocycles. The number of nitrogens with zero attached hydrogens (tertiary/aromatic N) is 1. The zero-order chi connectivity index (χ0) is 9.68. The molecule has 1 heterocycles. The predicted octanol–water partition coefficient (Wildman–Crippen LogP) is 0.128. The highest BCUT2D eigenvalue weighted by atomic mass is 16.5. The van der Waals surface area contributed by atoms with Crippen molar-refractivity contribution in [2.24, 2.45) is 0 Å². The number of carbonyl (C=O) groups excluding carboxylic acids is 1. The van der Waals surface area contributed by atoms with Crippen LogP contribution >= 0.6 is 0 Å². The van der Waals surface area contributed by atoms with Crippen LogP contribution < -0.4 is 0 Å². The van der Waals surface area contributed by atoms with Gasteiger partial charge in [-0.15, -0.1) is 0 Å². The monoisotopic (exact) mass is 185 g/mol. The van der Waals surface area contributed by atoms with Crippen molar-refractivity contribution in [3.8, 4) is 0 Å². The topological polar surface area (TPSA) is 49.8 Å². The third-order valence-electron chi connectivity index (χ3n) is 2.14. The number of hydrogen-bond acceptors (Lipinski definition) is 4. The van der Waals surface area contributed by atoms with Gasteiger partial charge in [0.2, 0.25) is 0 Å². The first-order valence-electron chi connectivity index (χ1n) is 4.38. The van der Waals surface area contributed by atoms with E-state index in [0.717, 1.165) is 19.1 Å². The standard InChI is InChI=1S/C9H15NO3/c1-10(5-2-6-11)9-4-3-8(7-12)13-9/h2,5-6,8-9,12H,3-4,7H2,1H3/b5-2-. The molecular weight excluding hydrogens is 170 g/mol. The van der Waals surface area contributed by atoms with Crippen LogP contribution in [0.25, 0.3) is 0 Å². The Morgan fingerprint density at radius 1 is 1.62 bits per heavy atom. The van der Waals surface area contributed by atoms with Gasteiger partial charge in [-0.2, -0.15) is 0 Å². The Labute approximate surface area is 77.8 Å². The Balaban J connectivity index is 2.36. The van der Waals surface area contributed by atoms with Gasteiger partial charge in [0.25, 0.3) is 0 Å². The van der Waals surface area contributed by atoms with Gasteiger partial charge in [0.15, 0.2) is 0 Å². The Bertz CT molecular complexity index is 193. The Morgan fingerprint density at radius 3 is 2.92 bits per heavy atom. The van der Waals surface area contributed by atoms with Crippen molar-refractivity contribution in [1.29, 1.82) is 0 Å². The minimum absolute atomic E-state index is 0.00616. The first-order valence-corrected chi connectivity index (χ1v) is 4.38. The van der Waals surface area contributed by atoms with Gasteiger partial charge >= 0.3 is 0 Å². The molecule has 2 atom stereocenters. The lowest BCUT2D eigenvalue weighted by Gasteiger charge is -2.22. The van der Waals surface area contributed by atoms with Crippen molar-refractivity contribution < 1.29 is 14.6 Å². The van der Waals surface area contributed by atoms with Crippen molar-refractivity contribution >= 4 is 6.29 Å². The molecule has 1 aliphatic rings. The summed E-state index contributed by atoms with van der Waals surface area (Å²) in [5.74, 6) is 0. The Morgan fingerprint density at radius 2 is 2.38 bits per heavy atom. The smallest absolute Gasteiger partial charge is 0.144 e. The van der Waals surface area contributed by atoms with Gasteiger partial charge in [-0.25, -0.2) is 0 Å². The average molecular weight is 185 g/mol. The maximum Gasteiger partial charge on any atom is 0.144 e. The van der Waals surface area contributed by atoms with Crippen LogP contribution in [-0.2, 0) is 9.53 Å². The van der Waals surface area contributed by atoms with Gasteiger partial charge in [0.05, 0.1) is 12.7 Å². The van der Waals surface area contributed by atoms with Crippen molar-refractivity contribution in [3.05, 3.63) is 12.3 Å². The summed E-state index contributed by atoms with van der Waals surface area (Å²) in [4.78, 5) is 11.9. The number of rotatable bonds is 4. The Kier molecular flexibility index (Phi) is 3.92. The van der Waals surface area contributed by atoms with Crippen molar-refractivity contribution in [3.63, 3.8) is 0 Å². The molecule has 2 unspecified atom stereocenters. The fourth-order valence-corrected chi connectivity index (χ4v) is 1.39. The fraction of sp³-hybridized carbons (Fsp3) is 0.667. The van der Waals surface area contributed by atoms with Crippen LogP contribution in [0, 0.1) is 0 Å². The van der Waals surface area contributed by atoms with E-state index in [1.165, 1.54) is 6.08 Å². The molecule has 0 amide bonds. The van der Waals surface area contributed by atoms with Gasteiger partial charge in [-0.05, 0) is 18.9 Å². The van der Waals surface area contributed by atoms with Crippen LogP contribution in [0.2, 0.25) is 0 Å². The molecule has 74 valence electrons. The van der Waals surface area contributed by atoms with E-state index in [-0.39, 0.29) is 18.9 Å². The minimum Gasteiger partial charge on any atom is -0.394 e. The maximum atomic E-state index is 10.1. The lowest BCUT2D eigenvalue weighted by molar-refractivity contribution is -0.104. The fourth-order valence-electron chi connectivity index (χ4n) is 1.39. The number of aliphatic hydroxyl groups is 1. The molecule has 1 fully saturated rings. The number of ether oxygens (including phenoxy) is 1. The molecule has 0 aromatic heterocycles. The van der Waals surface area contributed by atoms with Gasteiger partial charge in [-0.3, -0.25) is 4.79 Å². The number of aliphatic hydroxyl groups excluding tert-OH is 1. The molecule has 0 spiro atoms. The second kappa shape index (κ2) is 4.99. The van der Waals surface area contributed by atoms with E-state index in [2.05, 4.69) is 0 Å². The number of hydrogen-bond donors (Lipinski definition) is 1. The van der Waals surface area contributed by atoms with Crippen LogP contribution in [0.3, 0.4) is 0 Å².